The van der Waals surface area contributed by atoms with Gasteiger partial charge in [-0.3, -0.25) is 9.59 Å². The fourth-order valence-electron chi connectivity index (χ4n) is 4.04. The highest BCUT2D eigenvalue weighted by atomic mass is 32.2. The molecular formula is C32H31FN4O7S. The molecule has 0 aliphatic rings. The average Bonchev–Trinajstić information content (AvgIpc) is 3.05. The highest BCUT2D eigenvalue weighted by Crippen LogP contribution is 2.31. The second-order valence-corrected chi connectivity index (χ2v) is 11.4. The summed E-state index contributed by atoms with van der Waals surface area (Å²) < 4.78 is 57.3. The Labute approximate surface area is 260 Å². The molecule has 234 valence electrons. The predicted molar refractivity (Wildman–Crippen MR) is 166 cm³/mol. The van der Waals surface area contributed by atoms with Crippen LogP contribution in [0.15, 0.2) is 107 Å². The minimum atomic E-state index is -4.14. The summed E-state index contributed by atoms with van der Waals surface area (Å²) in [5.41, 5.74) is 4.11. The van der Waals surface area contributed by atoms with Crippen molar-refractivity contribution in [3.63, 3.8) is 0 Å². The molecule has 2 amide bonds. The number of carbonyl (C=O) groups excluding carboxylic acids is 2. The summed E-state index contributed by atoms with van der Waals surface area (Å²) in [5, 5.41) is 6.55. The third kappa shape index (κ3) is 9.36. The number of sulfonamides is 1. The number of anilines is 1. The summed E-state index contributed by atoms with van der Waals surface area (Å²) in [5.74, 6) is -0.455. The van der Waals surface area contributed by atoms with Crippen LogP contribution in [0.2, 0.25) is 0 Å². The van der Waals surface area contributed by atoms with Crippen LogP contribution in [0, 0.1) is 5.82 Å². The molecule has 4 rings (SSSR count). The van der Waals surface area contributed by atoms with Gasteiger partial charge in [-0.2, -0.15) is 9.41 Å². The Balaban J connectivity index is 1.36. The Morgan fingerprint density at radius 3 is 2.22 bits per heavy atom. The van der Waals surface area contributed by atoms with E-state index in [1.165, 1.54) is 62.9 Å². The molecule has 0 saturated heterocycles. The molecule has 0 aliphatic heterocycles. The summed E-state index contributed by atoms with van der Waals surface area (Å²) in [7, 11) is -1.29. The zero-order valence-electron chi connectivity index (χ0n) is 24.5. The van der Waals surface area contributed by atoms with E-state index in [1.54, 1.807) is 48.5 Å². The highest BCUT2D eigenvalue weighted by Gasteiger charge is 2.28. The molecule has 45 heavy (non-hydrogen) atoms. The van der Waals surface area contributed by atoms with Crippen LogP contribution in [0.25, 0.3) is 0 Å². The van der Waals surface area contributed by atoms with Gasteiger partial charge < -0.3 is 19.5 Å². The largest absolute Gasteiger partial charge is 0.493 e. The molecule has 11 nitrogen and oxygen atoms in total. The van der Waals surface area contributed by atoms with Crippen LogP contribution in [0.1, 0.15) is 11.1 Å². The monoisotopic (exact) mass is 634 g/mol. The molecule has 0 aromatic heterocycles. The van der Waals surface area contributed by atoms with Crippen LogP contribution in [0.5, 0.6) is 17.2 Å². The first-order chi connectivity index (χ1) is 21.7. The molecule has 13 heteroatoms. The maximum absolute atomic E-state index is 13.6. The van der Waals surface area contributed by atoms with Gasteiger partial charge in [0.1, 0.15) is 11.6 Å². The number of amides is 2. The molecule has 0 atom stereocenters. The van der Waals surface area contributed by atoms with Crippen molar-refractivity contribution in [2.75, 3.05) is 32.7 Å². The van der Waals surface area contributed by atoms with Gasteiger partial charge in [0.2, 0.25) is 10.0 Å². The fourth-order valence-corrected chi connectivity index (χ4v) is 5.44. The Morgan fingerprint density at radius 2 is 1.56 bits per heavy atom. The lowest BCUT2D eigenvalue weighted by atomic mass is 10.2. The number of hydrazone groups is 1. The maximum atomic E-state index is 13.6. The van der Waals surface area contributed by atoms with Crippen LogP contribution < -0.4 is 25.0 Å². The maximum Gasteiger partial charge on any atom is 0.262 e. The first-order valence-electron chi connectivity index (χ1n) is 13.5. The summed E-state index contributed by atoms with van der Waals surface area (Å²) >= 11 is 0. The number of ether oxygens (including phenoxy) is 3. The standard InChI is InChI=1S/C32H31FN4O7S/c1-42-29-17-16-28(18-30(29)43-2)45(40,41)37(20-24-6-4-3-5-7-24)21-31(38)36-34-19-23-8-14-27(15-9-23)44-22-32(39)35-26-12-10-25(33)11-13-26/h3-19H,20-22H2,1-2H3,(H,35,39)(H,36,38)/b34-19+. The lowest BCUT2D eigenvalue weighted by Gasteiger charge is -2.22. The number of hydrogen-bond donors (Lipinski definition) is 2. The Bertz CT molecular complexity index is 1730. The van der Waals surface area contributed by atoms with Gasteiger partial charge in [0.15, 0.2) is 18.1 Å². The summed E-state index contributed by atoms with van der Waals surface area (Å²) in [6.45, 7) is -0.819. The molecule has 0 spiro atoms. The molecule has 2 N–H and O–H groups in total. The SMILES string of the molecule is COc1ccc(S(=O)(=O)N(CC(=O)N/N=C/c2ccc(OCC(=O)Nc3ccc(F)cc3)cc2)Cc2ccccc2)cc1OC. The number of carbonyl (C=O) groups is 2. The molecule has 0 aliphatic carbocycles. The van der Waals surface area contributed by atoms with Crippen molar-refractivity contribution in [2.45, 2.75) is 11.4 Å². The summed E-state index contributed by atoms with van der Waals surface area (Å²) in [6, 6.07) is 25.0. The predicted octanol–water partition coefficient (Wildman–Crippen LogP) is 4.20. The fraction of sp³-hybridized carbons (Fsp3) is 0.156. The number of benzene rings is 4. The van der Waals surface area contributed by atoms with E-state index < -0.39 is 34.2 Å². The highest BCUT2D eigenvalue weighted by molar-refractivity contribution is 7.89. The normalized spacial score (nSPS) is 11.3. The number of rotatable bonds is 14. The lowest BCUT2D eigenvalue weighted by Crippen LogP contribution is -2.39. The Kier molecular flexibility index (Phi) is 11.2. The molecular weight excluding hydrogens is 603 g/mol. The van der Waals surface area contributed by atoms with Crippen molar-refractivity contribution < 1.29 is 36.6 Å². The van der Waals surface area contributed by atoms with Gasteiger partial charge in [-0.15, -0.1) is 0 Å². The van der Waals surface area contributed by atoms with E-state index in [0.29, 0.717) is 28.3 Å². The zero-order chi connectivity index (χ0) is 32.2. The molecule has 0 saturated carbocycles. The second kappa shape index (κ2) is 15.5. The molecule has 0 fully saturated rings. The van der Waals surface area contributed by atoms with E-state index in [-0.39, 0.29) is 23.8 Å². The van der Waals surface area contributed by atoms with Crippen molar-refractivity contribution in [1.29, 1.82) is 0 Å². The second-order valence-electron chi connectivity index (χ2n) is 9.48. The minimum Gasteiger partial charge on any atom is -0.493 e. The van der Waals surface area contributed by atoms with Crippen LogP contribution in [-0.4, -0.2) is 58.1 Å². The van der Waals surface area contributed by atoms with E-state index in [9.17, 15) is 22.4 Å². The van der Waals surface area contributed by atoms with Crippen molar-refractivity contribution in [2.24, 2.45) is 5.10 Å². The van der Waals surface area contributed by atoms with E-state index in [0.717, 1.165) is 4.31 Å². The van der Waals surface area contributed by atoms with Gasteiger partial charge in [-0.25, -0.2) is 18.2 Å². The van der Waals surface area contributed by atoms with E-state index in [1.807, 2.05) is 6.07 Å². The number of nitrogens with zero attached hydrogens (tertiary/aromatic N) is 2. The van der Waals surface area contributed by atoms with Crippen LogP contribution >= 0.6 is 0 Å². The molecule has 4 aromatic rings. The molecule has 0 bridgehead atoms. The van der Waals surface area contributed by atoms with Gasteiger partial charge >= 0.3 is 0 Å². The van der Waals surface area contributed by atoms with E-state index in [2.05, 4.69) is 15.8 Å². The van der Waals surface area contributed by atoms with E-state index in [4.69, 9.17) is 14.2 Å². The van der Waals surface area contributed by atoms with Crippen LogP contribution in [-0.2, 0) is 26.2 Å². The van der Waals surface area contributed by atoms with Crippen molar-refractivity contribution in [3.8, 4) is 17.2 Å². The van der Waals surface area contributed by atoms with Crippen molar-refractivity contribution in [1.82, 2.24) is 9.73 Å². The van der Waals surface area contributed by atoms with E-state index >= 15 is 0 Å². The third-order valence-corrected chi connectivity index (χ3v) is 8.08. The quantitative estimate of drug-likeness (QED) is 0.157. The number of nitrogens with one attached hydrogen (secondary N) is 2. The van der Waals surface area contributed by atoms with Crippen LogP contribution in [0.3, 0.4) is 0 Å². The topological polar surface area (TPSA) is 136 Å². The number of halogens is 1. The molecule has 0 heterocycles. The zero-order valence-corrected chi connectivity index (χ0v) is 25.3. The van der Waals surface area contributed by atoms with Crippen molar-refractivity contribution >= 4 is 33.7 Å². The minimum absolute atomic E-state index is 0.0575. The van der Waals surface area contributed by atoms with Crippen molar-refractivity contribution in [3.05, 3.63) is 114 Å². The van der Waals surface area contributed by atoms with Gasteiger partial charge in [-0.1, -0.05) is 30.3 Å². The Morgan fingerprint density at radius 1 is 0.867 bits per heavy atom. The number of methoxy groups -OCH3 is 2. The lowest BCUT2D eigenvalue weighted by molar-refractivity contribution is -0.121. The molecule has 0 radical (unpaired) electrons. The molecule has 0 unspecified atom stereocenters. The van der Waals surface area contributed by atoms with Crippen LogP contribution in [0.4, 0.5) is 10.1 Å². The van der Waals surface area contributed by atoms with Gasteiger partial charge in [0.05, 0.1) is 31.9 Å². The van der Waals surface area contributed by atoms with Gasteiger partial charge in [-0.05, 0) is 71.8 Å². The smallest absolute Gasteiger partial charge is 0.262 e. The number of hydrogen-bond acceptors (Lipinski definition) is 8. The summed E-state index contributed by atoms with van der Waals surface area (Å²) in [4.78, 5) is 24.8. The van der Waals surface area contributed by atoms with Gasteiger partial charge in [0.25, 0.3) is 11.8 Å². The average molecular weight is 635 g/mol. The third-order valence-electron chi connectivity index (χ3n) is 6.30. The Hall–Kier alpha value is -5.27. The van der Waals surface area contributed by atoms with Gasteiger partial charge in [0, 0.05) is 18.3 Å². The molecule has 4 aromatic carbocycles. The first-order valence-corrected chi connectivity index (χ1v) is 15.0. The first kappa shape index (κ1) is 32.6. The summed E-state index contributed by atoms with van der Waals surface area (Å²) in [6.07, 6.45) is 1.38.